The first-order chi connectivity index (χ1) is 8.31. The van der Waals surface area contributed by atoms with E-state index in [9.17, 15) is 0 Å². The smallest absolute Gasteiger partial charge is 0.0123 e. The van der Waals surface area contributed by atoms with Crippen LogP contribution in [0.2, 0.25) is 0 Å². The molecule has 0 aromatic heterocycles. The predicted molar refractivity (Wildman–Crippen MR) is 74.1 cm³/mol. The van der Waals surface area contributed by atoms with E-state index in [1.807, 2.05) is 0 Å². The number of hydrogen-bond acceptors (Lipinski definition) is 2. The molecule has 1 aliphatic carbocycles. The van der Waals surface area contributed by atoms with E-state index in [1.54, 1.807) is 0 Å². The van der Waals surface area contributed by atoms with Crippen LogP contribution in [0.15, 0.2) is 0 Å². The van der Waals surface area contributed by atoms with Crippen LogP contribution in [0.3, 0.4) is 0 Å². The van der Waals surface area contributed by atoms with Gasteiger partial charge in [-0.2, -0.15) is 0 Å². The minimum absolute atomic E-state index is 0.432. The number of piperidine rings is 1. The molecular formula is C15H30N2. The summed E-state index contributed by atoms with van der Waals surface area (Å²) in [6, 6.07) is 1.36. The lowest BCUT2D eigenvalue weighted by atomic mass is 9.78. The molecule has 2 heteroatoms. The fraction of sp³-hybridized carbons (Fsp3) is 1.00. The van der Waals surface area contributed by atoms with Crippen LogP contribution in [0.4, 0.5) is 0 Å². The van der Waals surface area contributed by atoms with Crippen LogP contribution in [0, 0.1) is 5.92 Å². The average molecular weight is 238 g/mol. The molecule has 2 N–H and O–H groups in total. The summed E-state index contributed by atoms with van der Waals surface area (Å²) in [4.78, 5) is 2.79. The Morgan fingerprint density at radius 2 is 1.94 bits per heavy atom. The van der Waals surface area contributed by atoms with Gasteiger partial charge >= 0.3 is 0 Å². The fourth-order valence-electron chi connectivity index (χ4n) is 3.77. The first-order valence-electron chi connectivity index (χ1n) is 7.81. The van der Waals surface area contributed by atoms with E-state index in [0.717, 1.165) is 18.4 Å². The number of rotatable bonds is 5. The van der Waals surface area contributed by atoms with Gasteiger partial charge < -0.3 is 10.6 Å². The molecule has 0 radical (unpaired) electrons. The Bertz CT molecular complexity index is 215. The van der Waals surface area contributed by atoms with Crippen molar-refractivity contribution in [2.45, 2.75) is 76.8 Å². The maximum Gasteiger partial charge on any atom is 0.0123 e. The quantitative estimate of drug-likeness (QED) is 0.797. The summed E-state index contributed by atoms with van der Waals surface area (Å²) in [6.07, 6.45) is 12.5. The lowest BCUT2D eigenvalue weighted by molar-refractivity contribution is 0.0592. The van der Waals surface area contributed by atoms with E-state index in [0.29, 0.717) is 6.04 Å². The molecular weight excluding hydrogens is 208 g/mol. The minimum atomic E-state index is 0.432. The molecule has 2 rings (SSSR count). The summed E-state index contributed by atoms with van der Waals surface area (Å²) in [5.41, 5.74) is 6.00. The second kappa shape index (κ2) is 6.75. The first-order valence-corrected chi connectivity index (χ1v) is 7.81. The monoisotopic (exact) mass is 238 g/mol. The Labute approximate surface area is 107 Å². The molecule has 1 aliphatic heterocycles. The second-order valence-electron chi connectivity index (χ2n) is 6.10. The summed E-state index contributed by atoms with van der Waals surface area (Å²) in [5, 5.41) is 0. The molecule has 0 spiro atoms. The van der Waals surface area contributed by atoms with Crippen molar-refractivity contribution in [3.8, 4) is 0 Å². The highest BCUT2D eigenvalue weighted by Gasteiger charge is 2.32. The van der Waals surface area contributed by atoms with Gasteiger partial charge in [-0.15, -0.1) is 0 Å². The van der Waals surface area contributed by atoms with Crippen LogP contribution in [0.25, 0.3) is 0 Å². The van der Waals surface area contributed by atoms with Crippen molar-refractivity contribution >= 4 is 0 Å². The van der Waals surface area contributed by atoms with Crippen molar-refractivity contribution in [1.82, 2.24) is 4.90 Å². The van der Waals surface area contributed by atoms with E-state index in [2.05, 4.69) is 11.8 Å². The maximum atomic E-state index is 6.00. The first kappa shape index (κ1) is 13.4. The van der Waals surface area contributed by atoms with E-state index in [-0.39, 0.29) is 0 Å². The van der Waals surface area contributed by atoms with Gasteiger partial charge in [-0.25, -0.2) is 0 Å². The van der Waals surface area contributed by atoms with E-state index in [4.69, 9.17) is 5.73 Å². The highest BCUT2D eigenvalue weighted by molar-refractivity contribution is 4.87. The molecule has 17 heavy (non-hydrogen) atoms. The van der Waals surface area contributed by atoms with Gasteiger partial charge in [-0.3, -0.25) is 0 Å². The molecule has 0 bridgehead atoms. The molecule has 0 aromatic rings. The molecule has 100 valence electrons. The predicted octanol–water partition coefficient (Wildman–Crippen LogP) is 3.16. The normalized spacial score (nSPS) is 32.1. The Morgan fingerprint density at radius 1 is 1.18 bits per heavy atom. The highest BCUT2D eigenvalue weighted by Crippen LogP contribution is 2.35. The Balaban J connectivity index is 1.74. The summed E-state index contributed by atoms with van der Waals surface area (Å²) >= 11 is 0. The fourth-order valence-corrected chi connectivity index (χ4v) is 3.77. The van der Waals surface area contributed by atoms with Gasteiger partial charge in [0.2, 0.25) is 0 Å². The summed E-state index contributed by atoms with van der Waals surface area (Å²) in [7, 11) is 0. The van der Waals surface area contributed by atoms with E-state index >= 15 is 0 Å². The van der Waals surface area contributed by atoms with Gasteiger partial charge in [0.15, 0.2) is 0 Å². The topological polar surface area (TPSA) is 29.3 Å². The zero-order valence-electron chi connectivity index (χ0n) is 11.5. The van der Waals surface area contributed by atoms with Crippen molar-refractivity contribution in [3.63, 3.8) is 0 Å². The van der Waals surface area contributed by atoms with Crippen LogP contribution >= 0.6 is 0 Å². The van der Waals surface area contributed by atoms with Gasteiger partial charge in [0.05, 0.1) is 0 Å². The zero-order chi connectivity index (χ0) is 12.1. The summed E-state index contributed by atoms with van der Waals surface area (Å²) < 4.78 is 0. The number of nitrogens with two attached hydrogens (primary N) is 1. The molecule has 1 heterocycles. The summed E-state index contributed by atoms with van der Waals surface area (Å²) in [5.74, 6) is 1.03. The maximum absolute atomic E-state index is 6.00. The van der Waals surface area contributed by atoms with Crippen molar-refractivity contribution < 1.29 is 0 Å². The van der Waals surface area contributed by atoms with Crippen molar-refractivity contribution in [3.05, 3.63) is 0 Å². The lowest BCUT2D eigenvalue weighted by Gasteiger charge is -2.44. The van der Waals surface area contributed by atoms with Crippen LogP contribution in [0.1, 0.15) is 64.7 Å². The van der Waals surface area contributed by atoms with Crippen molar-refractivity contribution in [1.29, 1.82) is 0 Å². The number of likely N-dealkylation sites (tertiary alicyclic amines) is 1. The number of fused-ring (bicyclic) bond motifs is 1. The third-order valence-corrected chi connectivity index (χ3v) is 4.90. The van der Waals surface area contributed by atoms with Crippen LogP contribution < -0.4 is 5.73 Å². The molecule has 0 aromatic carbocycles. The van der Waals surface area contributed by atoms with Crippen molar-refractivity contribution in [2.24, 2.45) is 11.7 Å². The van der Waals surface area contributed by atoms with Crippen molar-refractivity contribution in [2.75, 3.05) is 13.1 Å². The third-order valence-electron chi connectivity index (χ3n) is 4.90. The molecule has 2 aliphatic rings. The van der Waals surface area contributed by atoms with Crippen LogP contribution in [0.5, 0.6) is 0 Å². The molecule has 1 saturated carbocycles. The molecule has 2 nitrogen and oxygen atoms in total. The number of nitrogens with zero attached hydrogens (tertiary/aromatic N) is 1. The molecule has 2 fully saturated rings. The molecule has 0 amide bonds. The van der Waals surface area contributed by atoms with Gasteiger partial charge in [0.1, 0.15) is 0 Å². The lowest BCUT2D eigenvalue weighted by Crippen LogP contribution is -2.47. The van der Waals surface area contributed by atoms with Gasteiger partial charge in [0, 0.05) is 12.1 Å². The van der Waals surface area contributed by atoms with E-state index < -0.39 is 0 Å². The zero-order valence-corrected chi connectivity index (χ0v) is 11.5. The SMILES string of the molecule is CCC(N)CCCN1CCCC2CCCCC21. The van der Waals surface area contributed by atoms with E-state index in [1.165, 1.54) is 64.5 Å². The average Bonchev–Trinajstić information content (AvgIpc) is 2.39. The highest BCUT2D eigenvalue weighted by atomic mass is 15.2. The third kappa shape index (κ3) is 3.69. The Morgan fingerprint density at radius 3 is 2.76 bits per heavy atom. The number of hydrogen-bond donors (Lipinski definition) is 1. The molecule has 3 atom stereocenters. The second-order valence-corrected chi connectivity index (χ2v) is 6.10. The van der Waals surface area contributed by atoms with Gasteiger partial charge in [-0.1, -0.05) is 19.8 Å². The Hall–Kier alpha value is -0.0800. The molecule has 3 unspecified atom stereocenters. The van der Waals surface area contributed by atoms with Gasteiger partial charge in [-0.05, 0) is 64.0 Å². The molecule has 1 saturated heterocycles. The minimum Gasteiger partial charge on any atom is -0.328 e. The largest absolute Gasteiger partial charge is 0.328 e. The Kier molecular flexibility index (Phi) is 5.30. The van der Waals surface area contributed by atoms with Gasteiger partial charge in [0.25, 0.3) is 0 Å². The van der Waals surface area contributed by atoms with Crippen LogP contribution in [-0.4, -0.2) is 30.1 Å². The summed E-state index contributed by atoms with van der Waals surface area (Å²) in [6.45, 7) is 4.85. The standard InChI is InChI=1S/C15H30N2/c1-2-14(16)9-6-12-17-11-5-8-13-7-3-4-10-15(13)17/h13-15H,2-12,16H2,1H3. The van der Waals surface area contributed by atoms with Crippen LogP contribution in [-0.2, 0) is 0 Å².